The molecule has 5 heterocycles. The van der Waals surface area contributed by atoms with Gasteiger partial charge < -0.3 is 18.9 Å². The topological polar surface area (TPSA) is 55.0 Å². The molecule has 20 rings (SSSR count). The van der Waals surface area contributed by atoms with Crippen molar-refractivity contribution in [3.63, 3.8) is 0 Å². The Morgan fingerprint density at radius 3 is 0.928 bits per heavy atom. The van der Waals surface area contributed by atoms with Crippen LogP contribution in [0, 0.1) is 0 Å². The summed E-state index contributed by atoms with van der Waals surface area (Å²) in [7, 11) is 0. The average molecular weight is 1640 g/mol. The van der Waals surface area contributed by atoms with Crippen molar-refractivity contribution in [2.75, 3.05) is 9.80 Å². The summed E-state index contributed by atoms with van der Waals surface area (Å²) >= 11 is 0. The zero-order chi connectivity index (χ0) is 99.8. The smallest absolute Gasteiger partial charge is 0.252 e. The number of benzene rings is 15. The molecule has 2 aliphatic heterocycles. The lowest BCUT2D eigenvalue weighted by Gasteiger charge is -2.46. The predicted octanol–water partition coefficient (Wildman–Crippen LogP) is 29.6. The Morgan fingerprint density at radius 1 is 0.248 bits per heavy atom. The van der Waals surface area contributed by atoms with Gasteiger partial charge in [-0.2, -0.15) is 0 Å². The highest BCUT2D eigenvalue weighted by Crippen LogP contribution is 2.57. The van der Waals surface area contributed by atoms with E-state index in [9.17, 15) is 16.4 Å². The van der Waals surface area contributed by atoms with E-state index in [1.807, 2.05) is 66.7 Å². The van der Waals surface area contributed by atoms with E-state index in [-0.39, 0.29) is 44.2 Å². The Kier molecular flexibility index (Phi) is 15.3. The van der Waals surface area contributed by atoms with Crippen molar-refractivity contribution in [2.24, 2.45) is 0 Å². The minimum atomic E-state index is -0.784. The number of rotatable bonds is 11. The van der Waals surface area contributed by atoms with Gasteiger partial charge in [-0.1, -0.05) is 349 Å². The van der Waals surface area contributed by atoms with Crippen LogP contribution in [0.1, 0.15) is 179 Å². The van der Waals surface area contributed by atoms with Gasteiger partial charge in [-0.05, 0) is 213 Å². The van der Waals surface area contributed by atoms with Crippen molar-refractivity contribution >= 4 is 101 Å². The van der Waals surface area contributed by atoms with Crippen LogP contribution in [0.3, 0.4) is 0 Å². The third-order valence-electron chi connectivity index (χ3n) is 25.3. The number of hydrogen-bond acceptors (Lipinski definition) is 5. The molecule has 0 saturated heterocycles. The highest BCUT2D eigenvalue weighted by molar-refractivity contribution is 7.00. The molecule has 0 atom stereocenters. The van der Waals surface area contributed by atoms with E-state index >= 15 is 0 Å². The lowest BCUT2D eigenvalue weighted by Crippen LogP contribution is -2.61. The summed E-state index contributed by atoms with van der Waals surface area (Å²) in [5, 5.41) is 4.23. The summed E-state index contributed by atoms with van der Waals surface area (Å²) in [5.41, 5.74) is 20.3. The maximum atomic E-state index is 10.0. The van der Waals surface area contributed by atoms with Crippen molar-refractivity contribution in [3.8, 4) is 90.0 Å². The van der Waals surface area contributed by atoms with Gasteiger partial charge in [-0.15, -0.1) is 0 Å². The third kappa shape index (κ3) is 14.1. The number of hydrogen-bond donors (Lipinski definition) is 0. The van der Waals surface area contributed by atoms with Gasteiger partial charge >= 0.3 is 0 Å². The molecule has 7 nitrogen and oxygen atoms in total. The summed E-state index contributed by atoms with van der Waals surface area (Å²) in [6.45, 7) is 39.1. The minimum absolute atomic E-state index is 0.0695. The molecule has 18 aromatic rings. The summed E-state index contributed by atoms with van der Waals surface area (Å²) in [6, 6.07) is 75.2. The highest BCUT2D eigenvalue weighted by atomic mass is 15.2. The molecule has 614 valence electrons. The van der Waals surface area contributed by atoms with Crippen molar-refractivity contribution in [1.82, 2.24) is 24.1 Å². The molecule has 0 unspecified atom stereocenters. The van der Waals surface area contributed by atoms with E-state index in [1.54, 1.807) is 0 Å². The Labute approximate surface area is 759 Å². The molecule has 0 N–H and O–H groups in total. The van der Waals surface area contributed by atoms with E-state index < -0.39 is 131 Å². The van der Waals surface area contributed by atoms with E-state index in [2.05, 4.69) is 313 Å². The molecule has 8 heteroatoms. The molecule has 0 amide bonds. The van der Waals surface area contributed by atoms with E-state index in [4.69, 9.17) is 19.1 Å². The van der Waals surface area contributed by atoms with Gasteiger partial charge in [0.2, 0.25) is 0 Å². The molecule has 0 aliphatic carbocycles. The first kappa shape index (κ1) is 64.4. The highest BCUT2D eigenvalue weighted by Gasteiger charge is 2.47. The first-order valence-electron chi connectivity index (χ1n) is 50.8. The number of fused-ring (bicyclic) bond motifs is 10. The Morgan fingerprint density at radius 2 is 0.560 bits per heavy atom. The van der Waals surface area contributed by atoms with Gasteiger partial charge in [0, 0.05) is 83.4 Å². The second-order valence-corrected chi connectivity index (χ2v) is 39.9. The third-order valence-corrected chi connectivity index (χ3v) is 25.3. The summed E-state index contributed by atoms with van der Waals surface area (Å²) in [4.78, 5) is 20.5. The molecule has 0 spiro atoms. The fourth-order valence-corrected chi connectivity index (χ4v) is 18.5. The van der Waals surface area contributed by atoms with Crippen molar-refractivity contribution in [1.29, 1.82) is 0 Å². The van der Waals surface area contributed by atoms with Crippen LogP contribution in [-0.2, 0) is 32.5 Å². The largest absolute Gasteiger partial charge is 0.310 e. The minimum Gasteiger partial charge on any atom is -0.310 e. The molecule has 0 radical (unpaired) electrons. The fourth-order valence-electron chi connectivity index (χ4n) is 18.5. The fraction of sp³-hybridized carbons (Fsp3) is 0.205. The second kappa shape index (κ2) is 29.7. The maximum absolute atomic E-state index is 10.0. The first-order chi connectivity index (χ1) is 66.0. The molecule has 0 saturated carbocycles. The number of nitrogens with zero attached hydrogens (tertiary/aromatic N) is 7. The molecule has 0 bridgehead atoms. The van der Waals surface area contributed by atoms with Crippen LogP contribution in [-0.4, -0.2) is 30.8 Å². The van der Waals surface area contributed by atoms with Crippen molar-refractivity contribution in [3.05, 3.63) is 361 Å². The van der Waals surface area contributed by atoms with Crippen LogP contribution in [0.4, 0.5) is 34.1 Å². The number of anilines is 6. The maximum Gasteiger partial charge on any atom is 0.252 e. The van der Waals surface area contributed by atoms with Crippen LogP contribution in [0.5, 0.6) is 0 Å². The lowest BCUT2D eigenvalue weighted by molar-refractivity contribution is 0.590. The van der Waals surface area contributed by atoms with Crippen LogP contribution in [0.2, 0.25) is 0 Å². The first-order valence-corrected chi connectivity index (χ1v) is 43.3. The summed E-state index contributed by atoms with van der Waals surface area (Å²) < 4.78 is 147. The van der Waals surface area contributed by atoms with Gasteiger partial charge in [0.1, 0.15) is 0 Å². The van der Waals surface area contributed by atoms with Gasteiger partial charge in [0.15, 0.2) is 17.5 Å². The zero-order valence-corrected chi connectivity index (χ0v) is 74.2. The van der Waals surface area contributed by atoms with Crippen LogP contribution >= 0.6 is 0 Å². The van der Waals surface area contributed by atoms with Crippen LogP contribution < -0.4 is 26.2 Å². The quantitative estimate of drug-likeness (QED) is 0.121. The van der Waals surface area contributed by atoms with Gasteiger partial charge in [0.05, 0.1) is 59.7 Å². The average Bonchev–Trinajstić information content (AvgIpc) is 0.837. The molecule has 125 heavy (non-hydrogen) atoms. The number of aromatic nitrogens is 5. The Balaban J connectivity index is 1.05. The molecule has 3 aromatic heterocycles. The van der Waals surface area contributed by atoms with E-state index in [1.165, 1.54) is 11.1 Å². The van der Waals surface area contributed by atoms with Gasteiger partial charge in [-0.3, -0.25) is 0 Å². The monoisotopic (exact) mass is 1640 g/mol. The molecule has 0 fully saturated rings. The van der Waals surface area contributed by atoms with Crippen molar-refractivity contribution in [2.45, 2.75) is 157 Å². The lowest BCUT2D eigenvalue weighted by atomic mass is 9.33. The molecular formula is C117H108BN7. The summed E-state index contributed by atoms with van der Waals surface area (Å²) in [5.74, 6) is -1.16. The normalized spacial score (nSPS) is 14.8. The zero-order valence-electron chi connectivity index (χ0n) is 89.2. The standard InChI is InChI=1S/C117H108BN7/c1-112(2,3)80-50-57-98-91(62-80)92-63-81(113(4,5)6)51-58-99(92)122(98)86-54-56-97-103(70-86)125(107-88(74-39-27-20-28-40-74)66-84(116(13,14)15)67-89(107)75-41-29-21-30-42-75)105-72-87(123-100-59-52-82(114(7,8)9)64-93(100)94-65-83(115(10,11)12)53-60-101(94)123)71-104-106(105)118(97)96-55-49-79(73-37-25-19-26-38-73)61-102(96)124(104)108-90(76-43-31-22-32-44-76)68-85(117(16,17)18)69-95(108)111-120-109(77-45-33-23-34-46-77)119-110(121-111)78-47-35-24-36-48-78/h19-72H,1-18H3/i19D,23D,24D,25D,26D,33D,34D,35D,36D,37D,38D,45D,46D,47D,48D. The van der Waals surface area contributed by atoms with E-state index in [0.29, 0.717) is 39.3 Å². The van der Waals surface area contributed by atoms with Crippen LogP contribution in [0.15, 0.2) is 327 Å². The van der Waals surface area contributed by atoms with Gasteiger partial charge in [-0.25, -0.2) is 15.0 Å². The molecular weight excluding hydrogens is 1510 g/mol. The second-order valence-electron chi connectivity index (χ2n) is 39.9. The molecule has 2 aliphatic rings. The molecule has 15 aromatic carbocycles. The van der Waals surface area contributed by atoms with Crippen LogP contribution in [0.25, 0.3) is 134 Å². The Bertz CT molecular complexity index is 7940. The van der Waals surface area contributed by atoms with E-state index in [0.717, 1.165) is 122 Å². The summed E-state index contributed by atoms with van der Waals surface area (Å²) in [6.07, 6.45) is 0. The van der Waals surface area contributed by atoms with Crippen molar-refractivity contribution < 1.29 is 20.6 Å². The Hall–Kier alpha value is -13.4. The van der Waals surface area contributed by atoms with Gasteiger partial charge in [0.25, 0.3) is 6.71 Å². The predicted molar refractivity (Wildman–Crippen MR) is 533 cm³/mol. The SMILES string of the molecule is [2H]c1c([2H])c([2H])c(-c2ccc3c(c2)N(c2c(-c4ccccc4)cc(C(C)(C)C)cc2-c2nc(-c4c([2H])c([2H])c([2H])c([2H])c4[2H])nc(-c4c([2H])c([2H])c([2H])c([2H])c4[2H])n2)c2cc(-n4c5ccc(C(C)(C)C)cc5c5cc(C(C)(C)C)ccc54)cc4c2B3c2ccc(-n3c5ccc(C(C)(C)C)cc5c5cc(C(C)(C)C)ccc53)cc2N4c2c(-c3ccccc3)cc(C(C)(C)C)cc2-c2ccccc2)c([2H])c1[2H].